The highest BCUT2D eigenvalue weighted by molar-refractivity contribution is 5.95. The van der Waals surface area contributed by atoms with Crippen molar-refractivity contribution in [1.82, 2.24) is 25.5 Å². The quantitative estimate of drug-likeness (QED) is 0.250. The minimum Gasteiger partial charge on any atom is -0.336 e. The molecule has 1 saturated heterocycles. The van der Waals surface area contributed by atoms with E-state index < -0.39 is 11.7 Å². The second kappa shape index (κ2) is 11.5. The smallest absolute Gasteiger partial charge is 0.272 e. The van der Waals surface area contributed by atoms with E-state index >= 15 is 0 Å². The maximum absolute atomic E-state index is 14.8. The zero-order valence-corrected chi connectivity index (χ0v) is 21.2. The van der Waals surface area contributed by atoms with Crippen molar-refractivity contribution in [2.24, 2.45) is 0 Å². The Bertz CT molecular complexity index is 1560. The average Bonchev–Trinajstić information content (AvgIpc) is 2.96. The molecule has 1 aliphatic heterocycles. The summed E-state index contributed by atoms with van der Waals surface area (Å²) in [5.74, 6) is -1.38. The van der Waals surface area contributed by atoms with E-state index in [4.69, 9.17) is 5.21 Å². The van der Waals surface area contributed by atoms with Crippen LogP contribution < -0.4 is 11.0 Å². The highest BCUT2D eigenvalue weighted by Gasteiger charge is 2.24. The number of H-pyrrole nitrogens is 1. The molecule has 5 rings (SSSR count). The van der Waals surface area contributed by atoms with Crippen LogP contribution in [0.3, 0.4) is 0 Å². The lowest BCUT2D eigenvalue weighted by Gasteiger charge is -2.35. The number of hydroxylamine groups is 1. The van der Waals surface area contributed by atoms with Gasteiger partial charge >= 0.3 is 0 Å². The Labute approximate surface area is 223 Å². The molecule has 3 N–H and O–H groups in total. The van der Waals surface area contributed by atoms with E-state index in [-0.39, 0.29) is 23.5 Å². The zero-order valence-electron chi connectivity index (χ0n) is 21.2. The first-order valence-corrected chi connectivity index (χ1v) is 12.7. The van der Waals surface area contributed by atoms with Crippen LogP contribution >= 0.6 is 0 Å². The van der Waals surface area contributed by atoms with Gasteiger partial charge in [0.25, 0.3) is 11.5 Å². The van der Waals surface area contributed by atoms with Crippen LogP contribution in [0.2, 0.25) is 0 Å². The van der Waals surface area contributed by atoms with Gasteiger partial charge in [-0.25, -0.2) is 15.0 Å². The van der Waals surface area contributed by atoms with Crippen LogP contribution in [0.25, 0.3) is 10.8 Å². The third-order valence-corrected chi connectivity index (χ3v) is 6.99. The molecule has 1 aromatic heterocycles. The number of carbonyl (C=O) groups excluding carboxylic acids is 2. The summed E-state index contributed by atoms with van der Waals surface area (Å²) in [5, 5.41) is 16.6. The largest absolute Gasteiger partial charge is 0.336 e. The minimum atomic E-state index is -0.569. The molecule has 0 unspecified atom stereocenters. The van der Waals surface area contributed by atoms with E-state index in [1.165, 1.54) is 6.07 Å². The lowest BCUT2D eigenvalue weighted by Crippen LogP contribution is -2.48. The maximum Gasteiger partial charge on any atom is 0.272 e. The van der Waals surface area contributed by atoms with E-state index in [1.54, 1.807) is 34.6 Å². The molecule has 3 aromatic carbocycles. The second-order valence-corrected chi connectivity index (χ2v) is 9.63. The average molecular weight is 530 g/mol. The van der Waals surface area contributed by atoms with Gasteiger partial charge < -0.3 is 4.90 Å². The number of fused-ring (bicyclic) bond motifs is 1. The Balaban J connectivity index is 1.22. The molecule has 0 radical (unpaired) electrons. The fraction of sp³-hybridized carbons (Fsp3) is 0.241. The number of nitrogens with one attached hydrogen (secondary N) is 2. The molecule has 2 heterocycles. The number of aromatic amines is 1. The number of hydrogen-bond donors (Lipinski definition) is 3. The number of halogens is 1. The predicted molar refractivity (Wildman–Crippen MR) is 143 cm³/mol. The molecule has 1 aliphatic rings. The Morgan fingerprint density at radius 1 is 0.923 bits per heavy atom. The van der Waals surface area contributed by atoms with Crippen LogP contribution in [0.1, 0.15) is 32.7 Å². The number of hydrogen-bond acceptors (Lipinski definition) is 6. The van der Waals surface area contributed by atoms with E-state index in [1.807, 2.05) is 36.4 Å². The summed E-state index contributed by atoms with van der Waals surface area (Å²) >= 11 is 0. The van der Waals surface area contributed by atoms with Gasteiger partial charge in [0.05, 0.1) is 23.1 Å². The number of benzene rings is 3. The predicted octanol–water partition coefficient (Wildman–Crippen LogP) is 2.66. The summed E-state index contributed by atoms with van der Waals surface area (Å²) in [6.07, 6.45) is 0.447. The molecule has 0 saturated carbocycles. The zero-order chi connectivity index (χ0) is 27.4. The highest BCUT2D eigenvalue weighted by atomic mass is 19.1. The van der Waals surface area contributed by atoms with Gasteiger partial charge in [0.2, 0.25) is 5.91 Å². The second-order valence-electron chi connectivity index (χ2n) is 9.63. The lowest BCUT2D eigenvalue weighted by molar-refractivity contribution is -0.128. The normalized spacial score (nSPS) is 13.9. The van der Waals surface area contributed by atoms with E-state index in [0.717, 1.165) is 22.1 Å². The van der Waals surface area contributed by atoms with Crippen molar-refractivity contribution < 1.29 is 19.2 Å². The lowest BCUT2D eigenvalue weighted by atomic mass is 10.0. The molecule has 4 aromatic rings. The Morgan fingerprint density at radius 2 is 1.59 bits per heavy atom. The summed E-state index contributed by atoms with van der Waals surface area (Å²) in [6, 6.07) is 19.3. The van der Waals surface area contributed by atoms with Gasteiger partial charge in [-0.05, 0) is 34.9 Å². The van der Waals surface area contributed by atoms with Crippen LogP contribution in [0.15, 0.2) is 71.5 Å². The summed E-state index contributed by atoms with van der Waals surface area (Å²) in [7, 11) is 0. The first-order chi connectivity index (χ1) is 18.9. The standard InChI is InChI=1S/C29H28FN5O4/c30-25-10-9-21(16-26-22-3-1-2-4-23(22)28(37)32-31-26)15-24(25)29(38)35-13-11-34(12-14-35)18-20-7-5-19(6-8-20)17-27(36)33-39/h1-10,15,39H,11-14,16-18H2,(H,32,37)(H,33,36). The van der Waals surface area contributed by atoms with Gasteiger partial charge in [-0.1, -0.05) is 48.5 Å². The number of nitrogens with zero attached hydrogens (tertiary/aromatic N) is 3. The van der Waals surface area contributed by atoms with Gasteiger partial charge in [0.1, 0.15) is 5.82 Å². The summed E-state index contributed by atoms with van der Waals surface area (Å²) in [6.45, 7) is 2.94. The summed E-state index contributed by atoms with van der Waals surface area (Å²) in [5.41, 5.74) is 4.63. The van der Waals surface area contributed by atoms with Crippen molar-refractivity contribution in [1.29, 1.82) is 0 Å². The van der Waals surface area contributed by atoms with Gasteiger partial charge in [0.15, 0.2) is 0 Å². The molecular formula is C29H28FN5O4. The Morgan fingerprint density at radius 3 is 2.31 bits per heavy atom. The molecular weight excluding hydrogens is 501 g/mol. The summed E-state index contributed by atoms with van der Waals surface area (Å²) in [4.78, 5) is 40.5. The van der Waals surface area contributed by atoms with E-state index in [2.05, 4.69) is 15.1 Å². The van der Waals surface area contributed by atoms with Gasteiger partial charge in [-0.2, -0.15) is 5.10 Å². The van der Waals surface area contributed by atoms with Crippen LogP contribution in [-0.2, 0) is 24.2 Å². The van der Waals surface area contributed by atoms with Gasteiger partial charge in [-0.15, -0.1) is 0 Å². The Kier molecular flexibility index (Phi) is 7.76. The minimum absolute atomic E-state index is 0.0252. The highest BCUT2D eigenvalue weighted by Crippen LogP contribution is 2.20. The van der Waals surface area contributed by atoms with E-state index in [9.17, 15) is 18.8 Å². The van der Waals surface area contributed by atoms with Crippen LogP contribution in [-0.4, -0.2) is 63.2 Å². The van der Waals surface area contributed by atoms with Crippen LogP contribution in [0.5, 0.6) is 0 Å². The fourth-order valence-corrected chi connectivity index (χ4v) is 4.87. The molecule has 1 fully saturated rings. The Hall–Kier alpha value is -4.41. The van der Waals surface area contributed by atoms with Crippen molar-refractivity contribution in [3.63, 3.8) is 0 Å². The van der Waals surface area contributed by atoms with Crippen molar-refractivity contribution in [2.45, 2.75) is 19.4 Å². The maximum atomic E-state index is 14.8. The molecule has 10 heteroatoms. The van der Waals surface area contributed by atoms with Crippen molar-refractivity contribution in [2.75, 3.05) is 26.2 Å². The molecule has 0 atom stereocenters. The first-order valence-electron chi connectivity index (χ1n) is 12.7. The van der Waals surface area contributed by atoms with Crippen molar-refractivity contribution in [3.05, 3.63) is 111 Å². The molecule has 0 spiro atoms. The molecule has 39 heavy (non-hydrogen) atoms. The van der Waals surface area contributed by atoms with Gasteiger partial charge in [0, 0.05) is 44.5 Å². The molecule has 0 aliphatic carbocycles. The molecule has 2 amide bonds. The third-order valence-electron chi connectivity index (χ3n) is 6.99. The van der Waals surface area contributed by atoms with Crippen LogP contribution in [0.4, 0.5) is 4.39 Å². The SMILES string of the molecule is O=C(Cc1ccc(CN2CCN(C(=O)c3cc(Cc4n[nH]c(=O)c5ccccc45)ccc3F)CC2)cc1)NO. The number of rotatable bonds is 7. The van der Waals surface area contributed by atoms with Crippen molar-refractivity contribution in [3.8, 4) is 0 Å². The van der Waals surface area contributed by atoms with Gasteiger partial charge in [-0.3, -0.25) is 24.5 Å². The fourth-order valence-electron chi connectivity index (χ4n) is 4.87. The molecule has 200 valence electrons. The number of piperazine rings is 1. The molecule has 9 nitrogen and oxygen atoms in total. The van der Waals surface area contributed by atoms with Crippen molar-refractivity contribution >= 4 is 22.6 Å². The van der Waals surface area contributed by atoms with E-state index in [0.29, 0.717) is 50.2 Å². The third kappa shape index (κ3) is 6.02. The topological polar surface area (TPSA) is 119 Å². The van der Waals surface area contributed by atoms with Crippen LogP contribution in [0, 0.1) is 5.82 Å². The first kappa shape index (κ1) is 26.2. The number of amides is 2. The number of carbonyl (C=O) groups is 2. The molecule has 0 bridgehead atoms. The summed E-state index contributed by atoms with van der Waals surface area (Å²) < 4.78 is 14.8. The monoisotopic (exact) mass is 529 g/mol. The number of aromatic nitrogens is 2.